The van der Waals surface area contributed by atoms with E-state index in [9.17, 15) is 9.90 Å². The van der Waals surface area contributed by atoms with Crippen molar-refractivity contribution in [2.75, 3.05) is 18.4 Å². The number of aryl methyl sites for hydroxylation is 1. The third-order valence-corrected chi connectivity index (χ3v) is 7.43. The van der Waals surface area contributed by atoms with Crippen molar-refractivity contribution in [1.29, 1.82) is 0 Å². The van der Waals surface area contributed by atoms with Crippen LogP contribution in [0.2, 0.25) is 5.02 Å². The minimum absolute atomic E-state index is 0.0171. The van der Waals surface area contributed by atoms with E-state index in [0.717, 1.165) is 49.9 Å². The van der Waals surface area contributed by atoms with Gasteiger partial charge in [0.05, 0.1) is 10.6 Å². The first kappa shape index (κ1) is 18.5. The molecule has 28 heavy (non-hydrogen) atoms. The van der Waals surface area contributed by atoms with E-state index in [0.29, 0.717) is 35.9 Å². The van der Waals surface area contributed by atoms with Gasteiger partial charge >= 0.3 is 6.09 Å². The average Bonchev–Trinajstić information content (AvgIpc) is 3.08. The van der Waals surface area contributed by atoms with Crippen molar-refractivity contribution >= 4 is 23.5 Å². The van der Waals surface area contributed by atoms with Gasteiger partial charge in [0.1, 0.15) is 11.9 Å². The summed E-state index contributed by atoms with van der Waals surface area (Å²) >= 11 is 5.98. The normalized spacial score (nSPS) is 38.7. The Kier molecular flexibility index (Phi) is 4.47. The quantitative estimate of drug-likeness (QED) is 0.803. The standard InChI is InChI=1S/C21H28ClN3O3/c1-12-4-16(22)10-23-19(12)24-17-2-3-25(11-17)20(26)28-18-14-5-13-6-15(18)9-21(27,7-13)8-14/h4,10,13-15,17-18,27H,2-3,5-9,11H2,1H3,(H,23,24)/t13?,14?,15?,17-,18?,21?/m1/s1. The predicted octanol–water partition coefficient (Wildman–Crippen LogP) is 3.61. The highest BCUT2D eigenvalue weighted by Gasteiger charge is 2.56. The highest BCUT2D eigenvalue weighted by molar-refractivity contribution is 6.30. The summed E-state index contributed by atoms with van der Waals surface area (Å²) in [7, 11) is 0. The third kappa shape index (κ3) is 3.35. The minimum atomic E-state index is -0.495. The maximum absolute atomic E-state index is 12.8. The van der Waals surface area contributed by atoms with E-state index in [1.54, 1.807) is 6.20 Å². The molecule has 0 radical (unpaired) electrons. The molecule has 6 rings (SSSR count). The number of ether oxygens (including phenoxy) is 1. The molecule has 0 aromatic carbocycles. The second-order valence-electron chi connectivity index (χ2n) is 9.44. The highest BCUT2D eigenvalue weighted by atomic mass is 35.5. The minimum Gasteiger partial charge on any atom is -0.446 e. The van der Waals surface area contributed by atoms with E-state index in [2.05, 4.69) is 10.3 Å². The summed E-state index contributed by atoms with van der Waals surface area (Å²) in [6.45, 7) is 3.29. The number of hydrogen-bond acceptors (Lipinski definition) is 5. The van der Waals surface area contributed by atoms with Crippen LogP contribution in [-0.4, -0.2) is 51.9 Å². The summed E-state index contributed by atoms with van der Waals surface area (Å²) in [5.41, 5.74) is 0.506. The lowest BCUT2D eigenvalue weighted by atomic mass is 9.53. The molecule has 2 unspecified atom stereocenters. The number of halogens is 1. The lowest BCUT2D eigenvalue weighted by Gasteiger charge is -2.57. The Labute approximate surface area is 170 Å². The lowest BCUT2D eigenvalue weighted by Crippen LogP contribution is -2.58. The zero-order valence-corrected chi connectivity index (χ0v) is 17.0. The number of carbonyl (C=O) groups is 1. The van der Waals surface area contributed by atoms with Crippen LogP contribution in [0, 0.1) is 24.7 Å². The predicted molar refractivity (Wildman–Crippen MR) is 106 cm³/mol. The van der Waals surface area contributed by atoms with Crippen LogP contribution in [-0.2, 0) is 4.74 Å². The van der Waals surface area contributed by atoms with Crippen LogP contribution < -0.4 is 5.32 Å². The van der Waals surface area contributed by atoms with Crippen LogP contribution in [0.5, 0.6) is 0 Å². The summed E-state index contributed by atoms with van der Waals surface area (Å²) in [6, 6.07) is 2.05. The number of pyridine rings is 1. The lowest BCUT2D eigenvalue weighted by molar-refractivity contribution is -0.177. The van der Waals surface area contributed by atoms with Gasteiger partial charge in [-0.25, -0.2) is 9.78 Å². The molecule has 152 valence electrons. The molecular formula is C21H28ClN3O3. The smallest absolute Gasteiger partial charge is 0.410 e. The van der Waals surface area contributed by atoms with Crippen molar-refractivity contribution in [1.82, 2.24) is 9.88 Å². The number of anilines is 1. The number of likely N-dealkylation sites (tertiary alicyclic amines) is 1. The van der Waals surface area contributed by atoms with Gasteiger partial charge in [0.25, 0.3) is 0 Å². The highest BCUT2D eigenvalue weighted by Crippen LogP contribution is 2.56. The van der Waals surface area contributed by atoms with Crippen LogP contribution >= 0.6 is 11.6 Å². The molecule has 7 heteroatoms. The summed E-state index contributed by atoms with van der Waals surface area (Å²) in [4.78, 5) is 19.0. The summed E-state index contributed by atoms with van der Waals surface area (Å²) < 4.78 is 6.01. The molecule has 6 nitrogen and oxygen atoms in total. The van der Waals surface area contributed by atoms with Crippen molar-refractivity contribution in [3.63, 3.8) is 0 Å². The monoisotopic (exact) mass is 405 g/mol. The van der Waals surface area contributed by atoms with Gasteiger partial charge in [-0.3, -0.25) is 0 Å². The van der Waals surface area contributed by atoms with Crippen molar-refractivity contribution in [2.24, 2.45) is 17.8 Å². The second-order valence-corrected chi connectivity index (χ2v) is 9.87. The molecule has 1 aromatic heterocycles. The van der Waals surface area contributed by atoms with Crippen molar-refractivity contribution in [2.45, 2.75) is 63.2 Å². The van der Waals surface area contributed by atoms with Crippen LogP contribution in [0.3, 0.4) is 0 Å². The molecule has 1 aromatic rings. The average molecular weight is 406 g/mol. The number of amides is 1. The molecule has 1 amide bonds. The molecule has 1 saturated heterocycles. The van der Waals surface area contributed by atoms with Gasteiger partial charge in [-0.2, -0.15) is 0 Å². The fraction of sp³-hybridized carbons (Fsp3) is 0.714. The summed E-state index contributed by atoms with van der Waals surface area (Å²) in [6.07, 6.45) is 7.03. The molecule has 1 aliphatic heterocycles. The maximum atomic E-state index is 12.8. The molecule has 4 saturated carbocycles. The number of aliphatic hydroxyl groups is 1. The summed E-state index contributed by atoms with van der Waals surface area (Å²) in [5, 5.41) is 14.8. The van der Waals surface area contributed by atoms with E-state index in [4.69, 9.17) is 16.3 Å². The van der Waals surface area contributed by atoms with Gasteiger partial charge in [-0.05, 0) is 74.8 Å². The zero-order chi connectivity index (χ0) is 19.5. The third-order valence-electron chi connectivity index (χ3n) is 7.22. The van der Waals surface area contributed by atoms with E-state index < -0.39 is 5.60 Å². The van der Waals surface area contributed by atoms with Crippen LogP contribution in [0.4, 0.5) is 10.6 Å². The van der Waals surface area contributed by atoms with Gasteiger partial charge < -0.3 is 20.1 Å². The largest absolute Gasteiger partial charge is 0.446 e. The number of nitrogens with zero attached hydrogens (tertiary/aromatic N) is 2. The first-order valence-corrected chi connectivity index (χ1v) is 10.8. The molecule has 2 N–H and O–H groups in total. The molecular weight excluding hydrogens is 378 g/mol. The Balaban J connectivity index is 1.18. The van der Waals surface area contributed by atoms with Gasteiger partial charge in [0.15, 0.2) is 0 Å². The van der Waals surface area contributed by atoms with E-state index in [1.165, 1.54) is 0 Å². The van der Waals surface area contributed by atoms with Gasteiger partial charge in [-0.1, -0.05) is 11.6 Å². The number of aromatic nitrogens is 1. The Morgan fingerprint density at radius 1 is 1.36 bits per heavy atom. The molecule has 0 spiro atoms. The molecule has 4 aliphatic carbocycles. The van der Waals surface area contributed by atoms with Gasteiger partial charge in [0.2, 0.25) is 0 Å². The zero-order valence-electron chi connectivity index (χ0n) is 16.2. The first-order chi connectivity index (χ1) is 13.4. The van der Waals surface area contributed by atoms with E-state index in [1.807, 2.05) is 17.9 Å². The Hall–Kier alpha value is -1.53. The number of hydrogen-bond donors (Lipinski definition) is 2. The van der Waals surface area contributed by atoms with Gasteiger partial charge in [-0.15, -0.1) is 0 Å². The van der Waals surface area contributed by atoms with E-state index in [-0.39, 0.29) is 18.2 Å². The molecule has 5 aliphatic rings. The van der Waals surface area contributed by atoms with Crippen molar-refractivity contribution in [3.8, 4) is 0 Å². The van der Waals surface area contributed by atoms with Crippen LogP contribution in [0.1, 0.15) is 44.1 Å². The summed E-state index contributed by atoms with van der Waals surface area (Å²) in [5.74, 6) is 2.10. The van der Waals surface area contributed by atoms with Crippen LogP contribution in [0.25, 0.3) is 0 Å². The maximum Gasteiger partial charge on any atom is 0.410 e. The number of rotatable bonds is 3. The van der Waals surface area contributed by atoms with Crippen molar-refractivity contribution < 1.29 is 14.6 Å². The molecule has 3 atom stereocenters. The topological polar surface area (TPSA) is 74.7 Å². The Morgan fingerprint density at radius 2 is 2.11 bits per heavy atom. The number of nitrogens with one attached hydrogen (secondary N) is 1. The SMILES string of the molecule is Cc1cc(Cl)cnc1N[C@@H]1CCN(C(=O)OC2C3CC4CC2CC(O)(C4)C3)C1. The first-order valence-electron chi connectivity index (χ1n) is 10.5. The second kappa shape index (κ2) is 6.77. The van der Waals surface area contributed by atoms with Gasteiger partial charge in [0, 0.05) is 25.3 Å². The Bertz CT molecular complexity index is 772. The fourth-order valence-corrected chi connectivity index (χ4v) is 6.46. The number of carbonyl (C=O) groups excluding carboxylic acids is 1. The molecule has 5 fully saturated rings. The van der Waals surface area contributed by atoms with Crippen molar-refractivity contribution in [3.05, 3.63) is 22.8 Å². The van der Waals surface area contributed by atoms with E-state index >= 15 is 0 Å². The molecule has 4 bridgehead atoms. The Morgan fingerprint density at radius 3 is 2.79 bits per heavy atom. The van der Waals surface area contributed by atoms with Crippen LogP contribution in [0.15, 0.2) is 12.3 Å². The fourth-order valence-electron chi connectivity index (χ4n) is 6.25. The molecule has 2 heterocycles.